The molecular formula is C6H7Cl3O3. The van der Waals surface area contributed by atoms with E-state index in [2.05, 4.69) is 4.74 Å². The molecule has 0 amide bonds. The van der Waals surface area contributed by atoms with Crippen molar-refractivity contribution in [1.82, 2.24) is 0 Å². The van der Waals surface area contributed by atoms with Crippen LogP contribution < -0.4 is 0 Å². The summed E-state index contributed by atoms with van der Waals surface area (Å²) >= 11 is 15.4. The highest BCUT2D eigenvalue weighted by atomic mass is 35.6. The molecule has 0 spiro atoms. The van der Waals surface area contributed by atoms with Gasteiger partial charge in [0.25, 0.3) is 3.79 Å². The van der Waals surface area contributed by atoms with Gasteiger partial charge in [-0.3, -0.25) is 4.79 Å². The summed E-state index contributed by atoms with van der Waals surface area (Å²) in [5.41, 5.74) is 0. The van der Waals surface area contributed by atoms with Crippen LogP contribution in [0, 0.1) is 5.92 Å². The summed E-state index contributed by atoms with van der Waals surface area (Å²) in [6.45, 7) is 3.13. The Hall–Kier alpha value is 0.01000. The summed E-state index contributed by atoms with van der Waals surface area (Å²) in [6.07, 6.45) is 0. The molecule has 0 saturated carbocycles. The van der Waals surface area contributed by atoms with E-state index in [0.29, 0.717) is 0 Å². The molecule has 0 saturated heterocycles. The first-order valence-corrected chi connectivity index (χ1v) is 4.21. The molecule has 0 aliphatic carbocycles. The minimum Gasteiger partial charge on any atom is -0.390 e. The van der Waals surface area contributed by atoms with Gasteiger partial charge >= 0.3 is 11.9 Å². The first-order chi connectivity index (χ1) is 5.25. The van der Waals surface area contributed by atoms with E-state index >= 15 is 0 Å². The van der Waals surface area contributed by atoms with Crippen molar-refractivity contribution in [1.29, 1.82) is 0 Å². The van der Waals surface area contributed by atoms with Gasteiger partial charge in [-0.1, -0.05) is 48.7 Å². The van der Waals surface area contributed by atoms with Crippen LogP contribution in [0.5, 0.6) is 0 Å². The van der Waals surface area contributed by atoms with Gasteiger partial charge in [-0.25, -0.2) is 4.79 Å². The summed E-state index contributed by atoms with van der Waals surface area (Å²) in [4.78, 5) is 21.5. The average molecular weight is 233 g/mol. The van der Waals surface area contributed by atoms with E-state index in [1.165, 1.54) is 0 Å². The quantitative estimate of drug-likeness (QED) is 0.396. The van der Waals surface area contributed by atoms with Crippen LogP contribution in [0.25, 0.3) is 0 Å². The van der Waals surface area contributed by atoms with E-state index in [1.807, 2.05) is 0 Å². The molecule has 0 aromatic heterocycles. The van der Waals surface area contributed by atoms with Crippen molar-refractivity contribution < 1.29 is 14.3 Å². The normalized spacial score (nSPS) is 11.5. The molecule has 3 nitrogen and oxygen atoms in total. The highest BCUT2D eigenvalue weighted by molar-refractivity contribution is 6.75. The Morgan fingerprint density at radius 1 is 1.25 bits per heavy atom. The summed E-state index contributed by atoms with van der Waals surface area (Å²) in [5, 5.41) is 0. The SMILES string of the molecule is CC(C)C(=O)OC(=O)C(Cl)(Cl)Cl. The fraction of sp³-hybridized carbons (Fsp3) is 0.667. The van der Waals surface area contributed by atoms with E-state index < -0.39 is 21.6 Å². The van der Waals surface area contributed by atoms with E-state index in [0.717, 1.165) is 0 Å². The smallest absolute Gasteiger partial charge is 0.366 e. The number of rotatable bonds is 1. The number of ether oxygens (including phenoxy) is 1. The second kappa shape index (κ2) is 4.30. The molecule has 0 radical (unpaired) electrons. The van der Waals surface area contributed by atoms with E-state index in [-0.39, 0.29) is 0 Å². The molecule has 0 fully saturated rings. The molecule has 0 bridgehead atoms. The highest BCUT2D eigenvalue weighted by Gasteiger charge is 2.34. The molecule has 0 aliphatic rings. The Morgan fingerprint density at radius 2 is 1.67 bits per heavy atom. The number of hydrogen-bond donors (Lipinski definition) is 0. The van der Waals surface area contributed by atoms with E-state index in [1.54, 1.807) is 13.8 Å². The molecule has 0 atom stereocenters. The lowest BCUT2D eigenvalue weighted by molar-refractivity contribution is -0.161. The van der Waals surface area contributed by atoms with Gasteiger partial charge in [0.1, 0.15) is 0 Å². The van der Waals surface area contributed by atoms with Crippen molar-refractivity contribution in [2.24, 2.45) is 5.92 Å². The molecule has 70 valence electrons. The molecule has 0 rings (SSSR count). The molecule has 12 heavy (non-hydrogen) atoms. The zero-order valence-electron chi connectivity index (χ0n) is 6.44. The Balaban J connectivity index is 4.12. The minimum atomic E-state index is -2.19. The van der Waals surface area contributed by atoms with Crippen molar-refractivity contribution in [2.75, 3.05) is 0 Å². The number of carbonyl (C=O) groups excluding carboxylic acids is 2. The number of alkyl halides is 3. The lowest BCUT2D eigenvalue weighted by atomic mass is 10.2. The van der Waals surface area contributed by atoms with Gasteiger partial charge in [-0.05, 0) is 0 Å². The molecule has 0 heterocycles. The Morgan fingerprint density at radius 3 is 1.92 bits per heavy atom. The van der Waals surface area contributed by atoms with Crippen molar-refractivity contribution in [3.63, 3.8) is 0 Å². The van der Waals surface area contributed by atoms with Crippen LogP contribution in [-0.4, -0.2) is 15.7 Å². The highest BCUT2D eigenvalue weighted by Crippen LogP contribution is 2.27. The molecule has 0 aromatic rings. The average Bonchev–Trinajstić information content (AvgIpc) is 1.85. The van der Waals surface area contributed by atoms with E-state index in [4.69, 9.17) is 34.8 Å². The van der Waals surface area contributed by atoms with Gasteiger partial charge in [0, 0.05) is 0 Å². The van der Waals surface area contributed by atoms with Crippen LogP contribution >= 0.6 is 34.8 Å². The number of esters is 2. The third kappa shape index (κ3) is 4.14. The van der Waals surface area contributed by atoms with Crippen LogP contribution in [0.1, 0.15) is 13.8 Å². The van der Waals surface area contributed by atoms with Gasteiger partial charge in [0.15, 0.2) is 0 Å². The lowest BCUT2D eigenvalue weighted by Crippen LogP contribution is -2.27. The number of hydrogen-bond acceptors (Lipinski definition) is 3. The van der Waals surface area contributed by atoms with Crippen molar-refractivity contribution >= 4 is 46.7 Å². The first-order valence-electron chi connectivity index (χ1n) is 3.08. The third-order valence-corrected chi connectivity index (χ3v) is 1.36. The zero-order chi connectivity index (χ0) is 9.94. The molecule has 0 aromatic carbocycles. The van der Waals surface area contributed by atoms with Gasteiger partial charge in [0.2, 0.25) is 0 Å². The van der Waals surface area contributed by atoms with Crippen LogP contribution in [-0.2, 0) is 14.3 Å². The topological polar surface area (TPSA) is 43.4 Å². The number of halogens is 3. The van der Waals surface area contributed by atoms with Gasteiger partial charge < -0.3 is 4.74 Å². The van der Waals surface area contributed by atoms with Gasteiger partial charge in [-0.15, -0.1) is 0 Å². The fourth-order valence-electron chi connectivity index (χ4n) is 0.267. The van der Waals surface area contributed by atoms with Crippen molar-refractivity contribution in [2.45, 2.75) is 17.6 Å². The predicted octanol–water partition coefficient (Wildman–Crippen LogP) is 2.08. The standard InChI is InChI=1S/C6H7Cl3O3/c1-3(2)4(10)12-5(11)6(7,8)9/h3H,1-2H3. The summed E-state index contributed by atoms with van der Waals surface area (Å²) in [6, 6.07) is 0. The van der Waals surface area contributed by atoms with Crippen molar-refractivity contribution in [3.8, 4) is 0 Å². The second-order valence-corrected chi connectivity index (χ2v) is 4.64. The number of carbonyl (C=O) groups is 2. The molecule has 0 aliphatic heterocycles. The maximum Gasteiger partial charge on any atom is 0.366 e. The largest absolute Gasteiger partial charge is 0.390 e. The predicted molar refractivity (Wildman–Crippen MR) is 46.2 cm³/mol. The maximum absolute atomic E-state index is 10.8. The third-order valence-electron chi connectivity index (χ3n) is 0.896. The zero-order valence-corrected chi connectivity index (χ0v) is 8.70. The molecule has 0 N–H and O–H groups in total. The van der Waals surface area contributed by atoms with E-state index in [9.17, 15) is 9.59 Å². The molecule has 0 unspecified atom stereocenters. The van der Waals surface area contributed by atoms with Crippen LogP contribution in [0.15, 0.2) is 0 Å². The van der Waals surface area contributed by atoms with Gasteiger partial charge in [-0.2, -0.15) is 0 Å². The van der Waals surface area contributed by atoms with Gasteiger partial charge in [0.05, 0.1) is 5.92 Å². The monoisotopic (exact) mass is 232 g/mol. The molecule has 6 heteroatoms. The Bertz CT molecular complexity index is 195. The van der Waals surface area contributed by atoms with Crippen LogP contribution in [0.3, 0.4) is 0 Å². The minimum absolute atomic E-state index is 0.429. The van der Waals surface area contributed by atoms with Crippen LogP contribution in [0.4, 0.5) is 0 Å². The van der Waals surface area contributed by atoms with Crippen LogP contribution in [0.2, 0.25) is 0 Å². The second-order valence-electron chi connectivity index (χ2n) is 2.36. The lowest BCUT2D eigenvalue weighted by Gasteiger charge is -2.09. The van der Waals surface area contributed by atoms with Crippen molar-refractivity contribution in [3.05, 3.63) is 0 Å². The summed E-state index contributed by atoms with van der Waals surface area (Å²) in [5.74, 6) is -2.32. The maximum atomic E-state index is 10.8. The molecular weight excluding hydrogens is 226 g/mol. The first kappa shape index (κ1) is 12.0. The summed E-state index contributed by atoms with van der Waals surface area (Å²) < 4.78 is 2.01. The summed E-state index contributed by atoms with van der Waals surface area (Å²) in [7, 11) is 0. The Kier molecular flexibility index (Phi) is 4.31. The Labute approximate surface area is 84.9 Å². The fourth-order valence-corrected chi connectivity index (χ4v) is 0.383.